The van der Waals surface area contributed by atoms with E-state index in [1.165, 1.54) is 36.5 Å². The van der Waals surface area contributed by atoms with Crippen molar-refractivity contribution >= 4 is 21.6 Å². The van der Waals surface area contributed by atoms with E-state index in [0.717, 1.165) is 5.56 Å². The van der Waals surface area contributed by atoms with Crippen molar-refractivity contribution < 1.29 is 31.8 Å². The van der Waals surface area contributed by atoms with E-state index in [1.807, 2.05) is 13.8 Å². The zero-order valence-corrected chi connectivity index (χ0v) is 21.8. The van der Waals surface area contributed by atoms with Gasteiger partial charge in [0.1, 0.15) is 12.4 Å². The van der Waals surface area contributed by atoms with E-state index >= 15 is 0 Å². The van der Waals surface area contributed by atoms with Crippen LogP contribution in [0.15, 0.2) is 71.9 Å². The highest BCUT2D eigenvalue weighted by Gasteiger charge is 2.45. The maximum Gasteiger partial charge on any atom is 0.345 e. The number of hydrogen-bond acceptors (Lipinski definition) is 8. The van der Waals surface area contributed by atoms with Crippen molar-refractivity contribution in [1.82, 2.24) is 9.97 Å². The molecule has 3 rings (SSSR count). The zero-order valence-electron chi connectivity index (χ0n) is 21.0. The molecular formula is C26H30F2N4O5S. The normalized spacial score (nSPS) is 13.7. The lowest BCUT2D eigenvalue weighted by molar-refractivity contribution is -0.135. The number of aliphatic carboxylic acids is 1. The molecule has 0 spiro atoms. The molecule has 4 N–H and O–H groups in total. The smallest absolute Gasteiger partial charge is 0.345 e. The maximum atomic E-state index is 13.8. The van der Waals surface area contributed by atoms with Gasteiger partial charge in [-0.2, -0.15) is 8.78 Å². The number of pyridine rings is 2. The van der Waals surface area contributed by atoms with Crippen molar-refractivity contribution in [1.29, 1.82) is 0 Å². The maximum absolute atomic E-state index is 13.8. The number of halogens is 2. The van der Waals surface area contributed by atoms with Crippen LogP contribution in [0.1, 0.15) is 37.1 Å². The summed E-state index contributed by atoms with van der Waals surface area (Å²) in [6.45, 7) is 0.432. The van der Waals surface area contributed by atoms with Gasteiger partial charge in [0.25, 0.3) is 0 Å². The molecule has 0 radical (unpaired) electrons. The number of hydrogen-bond donors (Lipinski definition) is 3. The molecule has 1 atom stereocenters. The third-order valence-corrected chi connectivity index (χ3v) is 8.27. The van der Waals surface area contributed by atoms with E-state index in [4.69, 9.17) is 10.8 Å². The number of nitrogens with two attached hydrogens (primary N) is 1. The summed E-state index contributed by atoms with van der Waals surface area (Å²) in [5, 5.41) is 11.4. The molecule has 1 unspecified atom stereocenters. The van der Waals surface area contributed by atoms with Crippen LogP contribution in [0.25, 0.3) is 0 Å². The van der Waals surface area contributed by atoms with Gasteiger partial charge in [-0.05, 0) is 47.2 Å². The molecule has 0 saturated carbocycles. The minimum absolute atomic E-state index is 0.00657. The molecule has 0 aliphatic carbocycles. The van der Waals surface area contributed by atoms with E-state index in [2.05, 4.69) is 20.0 Å². The number of carbonyl (C=O) groups is 1. The van der Waals surface area contributed by atoms with Crippen LogP contribution in [-0.4, -0.2) is 49.2 Å². The van der Waals surface area contributed by atoms with Gasteiger partial charge in [0, 0.05) is 12.6 Å². The van der Waals surface area contributed by atoms with Gasteiger partial charge in [0.2, 0.25) is 9.84 Å². The lowest BCUT2D eigenvalue weighted by Gasteiger charge is -2.29. The van der Waals surface area contributed by atoms with Gasteiger partial charge in [-0.3, -0.25) is 4.79 Å². The molecule has 1 aromatic carbocycles. The number of nitrogens with zero attached hydrogens (tertiary/aromatic N) is 2. The first-order chi connectivity index (χ1) is 17.8. The lowest BCUT2D eigenvalue weighted by Crippen LogP contribution is -2.47. The van der Waals surface area contributed by atoms with Crippen LogP contribution in [0, 0.1) is 0 Å². The molecule has 0 aliphatic rings. The topological polar surface area (TPSA) is 144 Å². The quantitative estimate of drug-likeness (QED) is 0.291. The Morgan fingerprint density at radius 3 is 2.42 bits per heavy atom. The Morgan fingerprint density at radius 2 is 1.82 bits per heavy atom. The van der Waals surface area contributed by atoms with Crippen LogP contribution in [0.3, 0.4) is 0 Å². The Hall–Kier alpha value is -3.48. The molecule has 204 valence electrons. The zero-order chi connectivity index (χ0) is 28.0. The summed E-state index contributed by atoms with van der Waals surface area (Å²) >= 11 is 0. The fourth-order valence-corrected chi connectivity index (χ4v) is 5.45. The van der Waals surface area contributed by atoms with Crippen molar-refractivity contribution in [2.75, 3.05) is 18.5 Å². The number of benzene rings is 1. The Balaban J connectivity index is 1.98. The molecule has 12 heteroatoms. The van der Waals surface area contributed by atoms with Gasteiger partial charge >= 0.3 is 12.6 Å². The largest absolute Gasteiger partial charge is 0.480 e. The summed E-state index contributed by atoms with van der Waals surface area (Å²) in [6, 6.07) is 16.0. The van der Waals surface area contributed by atoms with Gasteiger partial charge in [-0.1, -0.05) is 50.2 Å². The number of alkyl halides is 2. The number of carboxylic acids is 1. The number of ether oxygens (including phenoxy) is 1. The Morgan fingerprint density at radius 1 is 1.11 bits per heavy atom. The number of carboxylic acid groups (broad SMARTS) is 1. The van der Waals surface area contributed by atoms with Crippen LogP contribution < -0.4 is 11.1 Å². The lowest BCUT2D eigenvalue weighted by atomic mass is 9.81. The molecule has 0 fully saturated rings. The summed E-state index contributed by atoms with van der Waals surface area (Å²) in [5.74, 6) is -0.958. The monoisotopic (exact) mass is 548 g/mol. The fraction of sp³-hybridized carbons (Fsp3) is 0.346. The second kappa shape index (κ2) is 11.9. The second-order valence-electron chi connectivity index (χ2n) is 9.36. The molecule has 9 nitrogen and oxygen atoms in total. The van der Waals surface area contributed by atoms with Crippen molar-refractivity contribution in [2.45, 2.75) is 48.6 Å². The number of aromatic nitrogens is 2. The van der Waals surface area contributed by atoms with Crippen LogP contribution in [-0.2, 0) is 36.1 Å². The van der Waals surface area contributed by atoms with E-state index in [1.54, 1.807) is 30.3 Å². The van der Waals surface area contributed by atoms with Gasteiger partial charge in [0.15, 0.2) is 9.90 Å². The third kappa shape index (κ3) is 6.88. The standard InChI is InChI=1S/C26H30F2N4O5S/c1-25(2,13-15-37-24(27)28)19-11-9-18(10-12-19)16-26(29,38(35,36)22-8-3-4-14-30-22)20-6-5-7-21(32-20)31-17-23(33)34/h3-12,14,24H,13,15-17,29H2,1-2H3,(H,31,32)(H,33,34). The molecular weight excluding hydrogens is 518 g/mol. The first kappa shape index (κ1) is 29.1. The Bertz CT molecular complexity index is 1340. The molecule has 2 heterocycles. The van der Waals surface area contributed by atoms with Crippen LogP contribution >= 0.6 is 0 Å². The minimum Gasteiger partial charge on any atom is -0.480 e. The number of nitrogens with one attached hydrogen (secondary N) is 1. The summed E-state index contributed by atoms with van der Waals surface area (Å²) < 4.78 is 56.8. The fourth-order valence-electron chi connectivity index (χ4n) is 3.88. The molecule has 0 saturated heterocycles. The first-order valence-corrected chi connectivity index (χ1v) is 13.2. The van der Waals surface area contributed by atoms with Gasteiger partial charge in [0.05, 0.1) is 12.3 Å². The van der Waals surface area contributed by atoms with Crippen LogP contribution in [0.4, 0.5) is 14.6 Å². The van der Waals surface area contributed by atoms with Crippen LogP contribution in [0.5, 0.6) is 0 Å². The average Bonchev–Trinajstić information content (AvgIpc) is 2.88. The molecule has 38 heavy (non-hydrogen) atoms. The first-order valence-electron chi connectivity index (χ1n) is 11.7. The highest BCUT2D eigenvalue weighted by atomic mass is 32.2. The Labute approximate surface area is 220 Å². The molecule has 2 aromatic heterocycles. The summed E-state index contributed by atoms with van der Waals surface area (Å²) in [5.41, 5.74) is 7.65. The highest BCUT2D eigenvalue weighted by Crippen LogP contribution is 2.34. The third-order valence-electron chi connectivity index (χ3n) is 6.17. The van der Waals surface area contributed by atoms with Gasteiger partial charge < -0.3 is 20.9 Å². The SMILES string of the molecule is CC(C)(CCOC(F)F)c1ccc(CC(N)(c2cccc(NCC(=O)O)n2)S(=O)(=O)c2ccccn2)cc1. The molecule has 3 aromatic rings. The molecule has 0 amide bonds. The van der Waals surface area contributed by atoms with E-state index < -0.39 is 39.2 Å². The molecule has 0 bridgehead atoms. The predicted octanol–water partition coefficient (Wildman–Crippen LogP) is 3.71. The molecule has 0 aliphatic heterocycles. The summed E-state index contributed by atoms with van der Waals surface area (Å²) in [4.78, 5) is 17.2. The predicted molar refractivity (Wildman–Crippen MR) is 137 cm³/mol. The number of anilines is 1. The Kier molecular flexibility index (Phi) is 9.13. The van der Waals surface area contributed by atoms with Crippen molar-refractivity contribution in [3.8, 4) is 0 Å². The van der Waals surface area contributed by atoms with Gasteiger partial charge in [-0.25, -0.2) is 18.4 Å². The van der Waals surface area contributed by atoms with Crippen LogP contribution in [0.2, 0.25) is 0 Å². The van der Waals surface area contributed by atoms with Crippen molar-refractivity contribution in [3.63, 3.8) is 0 Å². The van der Waals surface area contributed by atoms with E-state index in [0.29, 0.717) is 12.0 Å². The summed E-state index contributed by atoms with van der Waals surface area (Å²) in [7, 11) is -4.29. The number of rotatable bonds is 13. The van der Waals surface area contributed by atoms with E-state index in [-0.39, 0.29) is 29.6 Å². The minimum atomic E-state index is -4.29. The highest BCUT2D eigenvalue weighted by molar-refractivity contribution is 7.92. The van der Waals surface area contributed by atoms with E-state index in [9.17, 15) is 22.0 Å². The average molecular weight is 549 g/mol. The summed E-state index contributed by atoms with van der Waals surface area (Å²) in [6.07, 6.45) is 1.53. The number of sulfone groups is 1. The van der Waals surface area contributed by atoms with Gasteiger partial charge in [-0.15, -0.1) is 0 Å². The second-order valence-corrected chi connectivity index (χ2v) is 11.5. The van der Waals surface area contributed by atoms with Crippen molar-refractivity contribution in [3.05, 3.63) is 83.7 Å². The van der Waals surface area contributed by atoms with Crippen molar-refractivity contribution in [2.24, 2.45) is 5.73 Å².